The van der Waals surface area contributed by atoms with E-state index in [4.69, 9.17) is 10.5 Å². The van der Waals surface area contributed by atoms with Crippen molar-refractivity contribution in [2.45, 2.75) is 43.7 Å². The molecule has 2 rings (SSSR count). The Hall–Kier alpha value is -1.43. The van der Waals surface area contributed by atoms with E-state index in [1.165, 1.54) is 7.11 Å². The molecule has 0 radical (unpaired) electrons. The van der Waals surface area contributed by atoms with Crippen LogP contribution in [0.3, 0.4) is 0 Å². The maximum Gasteiger partial charge on any atom is 0.416 e. The van der Waals surface area contributed by atoms with Crippen LogP contribution in [0.2, 0.25) is 0 Å². The van der Waals surface area contributed by atoms with Gasteiger partial charge in [-0.2, -0.15) is 13.2 Å². The van der Waals surface area contributed by atoms with Crippen molar-refractivity contribution in [3.05, 3.63) is 23.3 Å². The number of alkyl halides is 3. The number of halogens is 3. The standard InChI is InChI=1S/C15H20F3NO2/c1-21-11-6-5-10(15(16,17)18)12(13(11)20)14(9-19)7-3-2-4-8-14/h5-6,20H,2-4,7-9,19H2,1H3. The Labute approximate surface area is 121 Å². The summed E-state index contributed by atoms with van der Waals surface area (Å²) in [6.07, 6.45) is -0.830. The third-order valence-electron chi connectivity index (χ3n) is 4.40. The molecule has 0 heterocycles. The first-order chi connectivity index (χ1) is 9.85. The Morgan fingerprint density at radius 1 is 1.24 bits per heavy atom. The molecule has 0 spiro atoms. The fraction of sp³-hybridized carbons (Fsp3) is 0.600. The number of hydrogen-bond donors (Lipinski definition) is 2. The summed E-state index contributed by atoms with van der Waals surface area (Å²) in [5.74, 6) is -0.379. The van der Waals surface area contributed by atoms with Crippen molar-refractivity contribution < 1.29 is 23.0 Å². The molecule has 0 bridgehead atoms. The average molecular weight is 303 g/mol. The molecule has 1 aliphatic rings. The lowest BCUT2D eigenvalue weighted by Gasteiger charge is -2.39. The predicted molar refractivity (Wildman–Crippen MR) is 73.5 cm³/mol. The minimum atomic E-state index is -4.53. The monoisotopic (exact) mass is 303 g/mol. The molecule has 0 amide bonds. The second-order valence-corrected chi connectivity index (χ2v) is 5.58. The summed E-state index contributed by atoms with van der Waals surface area (Å²) >= 11 is 0. The van der Waals surface area contributed by atoms with E-state index in [2.05, 4.69) is 0 Å². The van der Waals surface area contributed by atoms with E-state index in [1.807, 2.05) is 0 Å². The van der Waals surface area contributed by atoms with Gasteiger partial charge in [-0.1, -0.05) is 19.3 Å². The number of phenols is 1. The fourth-order valence-electron chi connectivity index (χ4n) is 3.29. The molecule has 3 N–H and O–H groups in total. The summed E-state index contributed by atoms with van der Waals surface area (Å²) in [4.78, 5) is 0. The lowest BCUT2D eigenvalue weighted by molar-refractivity contribution is -0.139. The Morgan fingerprint density at radius 3 is 2.33 bits per heavy atom. The highest BCUT2D eigenvalue weighted by molar-refractivity contribution is 5.54. The first kappa shape index (κ1) is 15.9. The number of hydrogen-bond acceptors (Lipinski definition) is 3. The highest BCUT2D eigenvalue weighted by Gasteiger charge is 2.44. The number of benzene rings is 1. The van der Waals surface area contributed by atoms with Crippen molar-refractivity contribution in [3.63, 3.8) is 0 Å². The zero-order chi connectivity index (χ0) is 15.7. The van der Waals surface area contributed by atoms with E-state index in [0.29, 0.717) is 12.8 Å². The van der Waals surface area contributed by atoms with Gasteiger partial charge in [0.05, 0.1) is 12.7 Å². The Morgan fingerprint density at radius 2 is 1.86 bits per heavy atom. The molecular formula is C15H20F3NO2. The van der Waals surface area contributed by atoms with E-state index in [-0.39, 0.29) is 17.9 Å². The van der Waals surface area contributed by atoms with Crippen LogP contribution in [0, 0.1) is 0 Å². The summed E-state index contributed by atoms with van der Waals surface area (Å²) in [7, 11) is 1.32. The van der Waals surface area contributed by atoms with Gasteiger partial charge in [-0.15, -0.1) is 0 Å². The van der Waals surface area contributed by atoms with Gasteiger partial charge in [-0.3, -0.25) is 0 Å². The lowest BCUT2D eigenvalue weighted by atomic mass is 9.67. The zero-order valence-electron chi connectivity index (χ0n) is 12.0. The molecule has 1 aliphatic carbocycles. The van der Waals surface area contributed by atoms with Crippen LogP contribution in [-0.2, 0) is 11.6 Å². The predicted octanol–water partition coefficient (Wildman–Crippen LogP) is 3.58. The van der Waals surface area contributed by atoms with Crippen molar-refractivity contribution in [2.24, 2.45) is 5.73 Å². The third kappa shape index (κ3) is 2.81. The van der Waals surface area contributed by atoms with Crippen molar-refractivity contribution in [2.75, 3.05) is 13.7 Å². The summed E-state index contributed by atoms with van der Waals surface area (Å²) in [6, 6.07) is 2.12. The van der Waals surface area contributed by atoms with Gasteiger partial charge in [0.1, 0.15) is 0 Å². The maximum atomic E-state index is 13.3. The van der Waals surface area contributed by atoms with E-state index in [9.17, 15) is 18.3 Å². The average Bonchev–Trinajstić information content (AvgIpc) is 2.46. The van der Waals surface area contributed by atoms with Crippen LogP contribution < -0.4 is 10.5 Å². The van der Waals surface area contributed by atoms with E-state index in [1.54, 1.807) is 0 Å². The van der Waals surface area contributed by atoms with Gasteiger partial charge in [-0.05, 0) is 25.0 Å². The van der Waals surface area contributed by atoms with Crippen LogP contribution in [0.5, 0.6) is 11.5 Å². The van der Waals surface area contributed by atoms with Crippen LogP contribution in [0.4, 0.5) is 13.2 Å². The highest BCUT2D eigenvalue weighted by atomic mass is 19.4. The third-order valence-corrected chi connectivity index (χ3v) is 4.40. The van der Waals surface area contributed by atoms with Crippen LogP contribution in [0.25, 0.3) is 0 Å². The number of phenolic OH excluding ortho intramolecular Hbond substituents is 1. The quantitative estimate of drug-likeness (QED) is 0.897. The molecule has 1 aromatic carbocycles. The van der Waals surface area contributed by atoms with Crippen LogP contribution in [-0.4, -0.2) is 18.8 Å². The first-order valence-electron chi connectivity index (χ1n) is 7.03. The smallest absolute Gasteiger partial charge is 0.416 e. The SMILES string of the molecule is COc1ccc(C(F)(F)F)c(C2(CN)CCCCC2)c1O. The molecule has 6 heteroatoms. The van der Waals surface area contributed by atoms with Crippen LogP contribution >= 0.6 is 0 Å². The molecule has 0 aromatic heterocycles. The number of aromatic hydroxyl groups is 1. The van der Waals surface area contributed by atoms with Crippen molar-refractivity contribution in [1.29, 1.82) is 0 Å². The summed E-state index contributed by atoms with van der Waals surface area (Å²) in [6.45, 7) is 0.0802. The molecule has 3 nitrogen and oxygen atoms in total. The van der Waals surface area contributed by atoms with Gasteiger partial charge < -0.3 is 15.6 Å². The molecular weight excluding hydrogens is 283 g/mol. The number of ether oxygens (including phenoxy) is 1. The molecule has 21 heavy (non-hydrogen) atoms. The van der Waals surface area contributed by atoms with Gasteiger partial charge >= 0.3 is 6.18 Å². The van der Waals surface area contributed by atoms with Gasteiger partial charge in [0.2, 0.25) is 0 Å². The van der Waals surface area contributed by atoms with Gasteiger partial charge in [0.15, 0.2) is 11.5 Å². The molecule has 1 saturated carbocycles. The molecule has 118 valence electrons. The Balaban J connectivity index is 2.68. The summed E-state index contributed by atoms with van der Waals surface area (Å²) in [5, 5.41) is 10.3. The Kier molecular flexibility index (Phi) is 4.37. The number of methoxy groups -OCH3 is 1. The summed E-state index contributed by atoms with van der Waals surface area (Å²) < 4.78 is 45.0. The molecule has 0 aliphatic heterocycles. The fourth-order valence-corrected chi connectivity index (χ4v) is 3.29. The minimum Gasteiger partial charge on any atom is -0.504 e. The maximum absolute atomic E-state index is 13.3. The Bertz CT molecular complexity index is 508. The van der Waals surface area contributed by atoms with Gasteiger partial charge in [0, 0.05) is 17.5 Å². The zero-order valence-corrected chi connectivity index (χ0v) is 12.0. The lowest BCUT2D eigenvalue weighted by Crippen LogP contribution is -2.39. The first-order valence-corrected chi connectivity index (χ1v) is 7.03. The largest absolute Gasteiger partial charge is 0.504 e. The van der Waals surface area contributed by atoms with Crippen LogP contribution in [0.15, 0.2) is 12.1 Å². The van der Waals surface area contributed by atoms with Gasteiger partial charge in [-0.25, -0.2) is 0 Å². The van der Waals surface area contributed by atoms with E-state index in [0.717, 1.165) is 31.4 Å². The van der Waals surface area contributed by atoms with Crippen LogP contribution in [0.1, 0.15) is 43.2 Å². The minimum absolute atomic E-state index is 0.0522. The van der Waals surface area contributed by atoms with E-state index < -0.39 is 22.9 Å². The van der Waals surface area contributed by atoms with Crippen molar-refractivity contribution >= 4 is 0 Å². The second kappa shape index (κ2) is 5.75. The van der Waals surface area contributed by atoms with E-state index >= 15 is 0 Å². The van der Waals surface area contributed by atoms with Crippen molar-refractivity contribution in [3.8, 4) is 11.5 Å². The summed E-state index contributed by atoms with van der Waals surface area (Å²) in [5.41, 5.74) is 4.08. The highest BCUT2D eigenvalue weighted by Crippen LogP contribution is 2.50. The van der Waals surface area contributed by atoms with Gasteiger partial charge in [0.25, 0.3) is 0 Å². The number of nitrogens with two attached hydrogens (primary N) is 1. The molecule has 0 saturated heterocycles. The second-order valence-electron chi connectivity index (χ2n) is 5.58. The normalized spacial score (nSPS) is 18.5. The van der Waals surface area contributed by atoms with Crippen molar-refractivity contribution in [1.82, 2.24) is 0 Å². The number of rotatable bonds is 3. The molecule has 1 fully saturated rings. The topological polar surface area (TPSA) is 55.5 Å². The molecule has 1 aromatic rings. The molecule has 0 atom stereocenters. The molecule has 0 unspecified atom stereocenters.